The molecule has 1 atom stereocenters. The summed E-state index contributed by atoms with van der Waals surface area (Å²) in [5.74, 6) is 0.473. The van der Waals surface area contributed by atoms with Gasteiger partial charge in [0.2, 0.25) is 5.91 Å². The minimum absolute atomic E-state index is 0.0979. The van der Waals surface area contributed by atoms with E-state index in [1.54, 1.807) is 13.1 Å². The molecule has 0 saturated heterocycles. The monoisotopic (exact) mass is 320 g/mol. The predicted octanol–water partition coefficient (Wildman–Crippen LogP) is 2.87. The first-order valence-corrected chi connectivity index (χ1v) is 5.78. The van der Waals surface area contributed by atoms with Crippen LogP contribution >= 0.6 is 31.9 Å². The highest BCUT2D eigenvalue weighted by Gasteiger charge is 2.09. The summed E-state index contributed by atoms with van der Waals surface area (Å²) in [6, 6.07) is 1.82. The number of carbonyl (C=O) groups excluding carboxylic acids is 1. The average Bonchev–Trinajstić information content (AvgIpc) is 2.11. The third-order valence-corrected chi connectivity index (χ3v) is 2.91. The molecule has 1 N–H and O–H groups in total. The first kappa shape index (κ1) is 11.7. The van der Waals surface area contributed by atoms with Crippen LogP contribution in [-0.2, 0) is 4.79 Å². The van der Waals surface area contributed by atoms with Gasteiger partial charge in [0.15, 0.2) is 0 Å². The first-order valence-electron chi connectivity index (χ1n) is 4.08. The van der Waals surface area contributed by atoms with E-state index in [2.05, 4.69) is 42.2 Å². The molecule has 1 aromatic rings. The molecule has 5 heteroatoms. The molecule has 0 bridgehead atoms. The Kier molecular flexibility index (Phi) is 4.07. The third kappa shape index (κ3) is 3.06. The van der Waals surface area contributed by atoms with Crippen molar-refractivity contribution in [1.82, 2.24) is 4.98 Å². The van der Waals surface area contributed by atoms with Gasteiger partial charge in [-0.05, 0) is 41.4 Å². The number of pyridine rings is 1. The molecule has 3 nitrogen and oxygen atoms in total. The highest BCUT2D eigenvalue weighted by atomic mass is 79.9. The van der Waals surface area contributed by atoms with Gasteiger partial charge in [-0.15, -0.1) is 0 Å². The molecule has 0 spiro atoms. The van der Waals surface area contributed by atoms with Gasteiger partial charge in [0.25, 0.3) is 0 Å². The molecule has 0 radical (unpaired) electrons. The zero-order valence-electron chi connectivity index (χ0n) is 7.84. The number of carbonyl (C=O) groups is 1. The van der Waals surface area contributed by atoms with Crippen LogP contribution in [0.4, 0.5) is 5.82 Å². The summed E-state index contributed by atoms with van der Waals surface area (Å²) in [5, 5.41) is 2.69. The van der Waals surface area contributed by atoms with E-state index < -0.39 is 0 Å². The van der Waals surface area contributed by atoms with Gasteiger partial charge in [0, 0.05) is 10.7 Å². The topological polar surface area (TPSA) is 42.0 Å². The molecule has 1 unspecified atom stereocenters. The summed E-state index contributed by atoms with van der Waals surface area (Å²) in [5.41, 5.74) is 1.04. The van der Waals surface area contributed by atoms with Gasteiger partial charge in [-0.1, -0.05) is 15.9 Å². The van der Waals surface area contributed by atoms with Gasteiger partial charge in [0.1, 0.15) is 5.82 Å². The Morgan fingerprint density at radius 3 is 2.79 bits per heavy atom. The molecule has 1 heterocycles. The van der Waals surface area contributed by atoms with Crippen molar-refractivity contribution in [2.45, 2.75) is 18.7 Å². The first-order chi connectivity index (χ1) is 6.50. The van der Waals surface area contributed by atoms with E-state index in [0.29, 0.717) is 5.82 Å². The highest BCUT2D eigenvalue weighted by Crippen LogP contribution is 2.17. The van der Waals surface area contributed by atoms with E-state index >= 15 is 0 Å². The summed E-state index contributed by atoms with van der Waals surface area (Å²) in [7, 11) is 0. The van der Waals surface area contributed by atoms with Crippen LogP contribution in [-0.4, -0.2) is 15.7 Å². The van der Waals surface area contributed by atoms with Crippen LogP contribution in [0, 0.1) is 6.92 Å². The Morgan fingerprint density at radius 1 is 1.64 bits per heavy atom. The average molecular weight is 322 g/mol. The number of halogens is 2. The van der Waals surface area contributed by atoms with Crippen LogP contribution in [0.2, 0.25) is 0 Å². The lowest BCUT2D eigenvalue weighted by molar-refractivity contribution is -0.115. The zero-order chi connectivity index (χ0) is 10.7. The summed E-state index contributed by atoms with van der Waals surface area (Å²) in [4.78, 5) is 15.1. The van der Waals surface area contributed by atoms with Crippen LogP contribution in [0.15, 0.2) is 16.7 Å². The number of aromatic nitrogens is 1. The van der Waals surface area contributed by atoms with E-state index in [-0.39, 0.29) is 10.7 Å². The van der Waals surface area contributed by atoms with Gasteiger partial charge >= 0.3 is 0 Å². The third-order valence-electron chi connectivity index (χ3n) is 1.66. The lowest BCUT2D eigenvalue weighted by Crippen LogP contribution is -2.20. The molecular weight excluding hydrogens is 312 g/mol. The highest BCUT2D eigenvalue weighted by molar-refractivity contribution is 9.10. The van der Waals surface area contributed by atoms with Crippen molar-refractivity contribution in [3.8, 4) is 0 Å². The molecule has 0 aliphatic carbocycles. The second-order valence-corrected chi connectivity index (χ2v) is 5.15. The number of hydrogen-bond donors (Lipinski definition) is 1. The maximum atomic E-state index is 11.3. The molecule has 1 aromatic heterocycles. The molecule has 1 rings (SSSR count). The van der Waals surface area contributed by atoms with E-state index in [0.717, 1.165) is 10.0 Å². The van der Waals surface area contributed by atoms with Gasteiger partial charge in [-0.3, -0.25) is 4.79 Å². The number of aryl methyl sites for hydroxylation is 1. The van der Waals surface area contributed by atoms with E-state index in [1.807, 2.05) is 13.0 Å². The SMILES string of the molecule is Cc1cc(NC(=O)C(C)Br)ncc1Br. The van der Waals surface area contributed by atoms with Crippen LogP contribution in [0.5, 0.6) is 0 Å². The van der Waals surface area contributed by atoms with Crippen molar-refractivity contribution in [1.29, 1.82) is 0 Å². The largest absolute Gasteiger partial charge is 0.310 e. The van der Waals surface area contributed by atoms with Crippen molar-refractivity contribution < 1.29 is 4.79 Å². The number of rotatable bonds is 2. The van der Waals surface area contributed by atoms with Crippen LogP contribution in [0.1, 0.15) is 12.5 Å². The second kappa shape index (κ2) is 4.89. The number of alkyl halides is 1. The predicted molar refractivity (Wildman–Crippen MR) is 63.7 cm³/mol. The Hall–Kier alpha value is -0.420. The minimum Gasteiger partial charge on any atom is -0.310 e. The molecule has 0 aliphatic heterocycles. The Labute approximate surface area is 99.6 Å². The van der Waals surface area contributed by atoms with Crippen molar-refractivity contribution in [2.75, 3.05) is 5.32 Å². The Bertz CT molecular complexity index is 353. The summed E-state index contributed by atoms with van der Waals surface area (Å²) in [6.07, 6.45) is 1.67. The molecular formula is C9H10Br2N2O. The van der Waals surface area contributed by atoms with Gasteiger partial charge in [-0.25, -0.2) is 4.98 Å². The van der Waals surface area contributed by atoms with Crippen molar-refractivity contribution in [3.63, 3.8) is 0 Å². The standard InChI is InChI=1S/C9H10Br2N2O/c1-5-3-8(12-4-7(5)11)13-9(14)6(2)10/h3-4,6H,1-2H3,(H,12,13,14). The number of nitrogens with zero attached hydrogens (tertiary/aromatic N) is 1. The molecule has 76 valence electrons. The van der Waals surface area contributed by atoms with E-state index in [1.165, 1.54) is 0 Å². The van der Waals surface area contributed by atoms with Crippen LogP contribution in [0.25, 0.3) is 0 Å². The van der Waals surface area contributed by atoms with Crippen molar-refractivity contribution >= 4 is 43.6 Å². The lowest BCUT2D eigenvalue weighted by atomic mass is 10.3. The summed E-state index contributed by atoms with van der Waals surface area (Å²) in [6.45, 7) is 3.71. The van der Waals surface area contributed by atoms with Crippen LogP contribution < -0.4 is 5.32 Å². The van der Waals surface area contributed by atoms with Crippen LogP contribution in [0.3, 0.4) is 0 Å². The lowest BCUT2D eigenvalue weighted by Gasteiger charge is -2.06. The number of hydrogen-bond acceptors (Lipinski definition) is 2. The normalized spacial score (nSPS) is 12.3. The molecule has 14 heavy (non-hydrogen) atoms. The summed E-state index contributed by atoms with van der Waals surface area (Å²) < 4.78 is 0.933. The fourth-order valence-corrected chi connectivity index (χ4v) is 1.16. The Morgan fingerprint density at radius 2 is 2.29 bits per heavy atom. The number of amides is 1. The number of anilines is 1. The van der Waals surface area contributed by atoms with Gasteiger partial charge in [-0.2, -0.15) is 0 Å². The molecule has 0 fully saturated rings. The maximum absolute atomic E-state index is 11.3. The van der Waals surface area contributed by atoms with Gasteiger partial charge < -0.3 is 5.32 Å². The fourth-order valence-electron chi connectivity index (χ4n) is 0.833. The number of nitrogens with one attached hydrogen (secondary N) is 1. The quantitative estimate of drug-likeness (QED) is 0.851. The van der Waals surface area contributed by atoms with Crippen molar-refractivity contribution in [2.24, 2.45) is 0 Å². The van der Waals surface area contributed by atoms with E-state index in [9.17, 15) is 4.79 Å². The smallest absolute Gasteiger partial charge is 0.239 e. The van der Waals surface area contributed by atoms with E-state index in [4.69, 9.17) is 0 Å². The van der Waals surface area contributed by atoms with Gasteiger partial charge in [0.05, 0.1) is 4.83 Å². The van der Waals surface area contributed by atoms with Crippen molar-refractivity contribution in [3.05, 3.63) is 22.3 Å². The maximum Gasteiger partial charge on any atom is 0.239 e. The fraction of sp³-hybridized carbons (Fsp3) is 0.333. The zero-order valence-corrected chi connectivity index (χ0v) is 11.0. The summed E-state index contributed by atoms with van der Waals surface area (Å²) >= 11 is 6.52. The molecule has 0 aliphatic rings. The minimum atomic E-state index is -0.215. The second-order valence-electron chi connectivity index (χ2n) is 2.92. The molecule has 1 amide bonds. The molecule has 0 saturated carbocycles. The Balaban J connectivity index is 2.78. The molecule has 0 aromatic carbocycles.